The first-order valence-corrected chi connectivity index (χ1v) is 9.01. The average Bonchev–Trinajstić information content (AvgIpc) is 3.21. The highest BCUT2D eigenvalue weighted by molar-refractivity contribution is 8.19. The smallest absolute Gasteiger partial charge is 0.298 e. The summed E-state index contributed by atoms with van der Waals surface area (Å²) in [6.07, 6.45) is 1.58. The second-order valence-electron chi connectivity index (χ2n) is 5.53. The largest absolute Gasteiger partial charge is 0.457 e. The van der Waals surface area contributed by atoms with E-state index in [1.165, 1.54) is 0 Å². The summed E-state index contributed by atoms with van der Waals surface area (Å²) in [4.78, 5) is 26.3. The molecule has 1 saturated heterocycles. The van der Waals surface area contributed by atoms with E-state index in [2.05, 4.69) is 0 Å². The summed E-state index contributed by atoms with van der Waals surface area (Å²) in [7, 11) is 0. The van der Waals surface area contributed by atoms with Gasteiger partial charge in [0.2, 0.25) is 0 Å². The summed E-state index contributed by atoms with van der Waals surface area (Å²) < 4.78 is 5.78. The fourth-order valence-electron chi connectivity index (χ4n) is 2.63. The highest BCUT2D eigenvalue weighted by Gasteiger charge is 2.36. The van der Waals surface area contributed by atoms with Crippen LogP contribution in [-0.2, 0) is 4.79 Å². The monoisotopic (exact) mass is 381 g/mol. The number of carbonyl (C=O) groups excluding carboxylic acids is 2. The van der Waals surface area contributed by atoms with Crippen LogP contribution in [0, 0.1) is 0 Å². The fourth-order valence-corrected chi connectivity index (χ4v) is 3.68. The molecule has 0 atom stereocenters. The third kappa shape index (κ3) is 3.07. The number of amides is 2. The van der Waals surface area contributed by atoms with Crippen molar-refractivity contribution in [3.05, 3.63) is 82.4 Å². The van der Waals surface area contributed by atoms with Gasteiger partial charge >= 0.3 is 0 Å². The van der Waals surface area contributed by atoms with Gasteiger partial charge in [-0.3, -0.25) is 9.59 Å². The van der Waals surface area contributed by atoms with E-state index in [9.17, 15) is 9.59 Å². The summed E-state index contributed by atoms with van der Waals surface area (Å²) in [5, 5.41) is 0.253. The van der Waals surface area contributed by atoms with Gasteiger partial charge in [0.05, 0.1) is 15.6 Å². The molecule has 1 aliphatic heterocycles. The Morgan fingerprint density at radius 2 is 1.65 bits per heavy atom. The van der Waals surface area contributed by atoms with Crippen LogP contribution < -0.4 is 4.90 Å². The number of nitrogens with zero attached hydrogens (tertiary/aromatic N) is 1. The topological polar surface area (TPSA) is 50.5 Å². The van der Waals surface area contributed by atoms with Gasteiger partial charge in [-0.25, -0.2) is 4.90 Å². The minimum atomic E-state index is -0.359. The number of thioether (sulfide) groups is 1. The summed E-state index contributed by atoms with van der Waals surface area (Å²) in [5.41, 5.74) is 1.32. The highest BCUT2D eigenvalue weighted by Crippen LogP contribution is 2.36. The first-order chi connectivity index (χ1) is 12.6. The van der Waals surface area contributed by atoms with Gasteiger partial charge in [-0.1, -0.05) is 41.9 Å². The van der Waals surface area contributed by atoms with Crippen molar-refractivity contribution in [1.82, 2.24) is 0 Å². The Morgan fingerprint density at radius 3 is 2.42 bits per heavy atom. The van der Waals surface area contributed by atoms with Gasteiger partial charge in [0.15, 0.2) is 0 Å². The van der Waals surface area contributed by atoms with E-state index in [4.69, 9.17) is 16.0 Å². The van der Waals surface area contributed by atoms with Gasteiger partial charge < -0.3 is 4.42 Å². The molecule has 0 radical (unpaired) electrons. The molecular weight excluding hydrogens is 370 g/mol. The number of rotatable bonds is 3. The first-order valence-electron chi connectivity index (χ1n) is 7.81. The number of benzene rings is 2. The minimum absolute atomic E-state index is 0.318. The Kier molecular flexibility index (Phi) is 4.41. The molecule has 3 aromatic rings. The molecule has 0 N–H and O–H groups in total. The molecule has 0 unspecified atom stereocenters. The van der Waals surface area contributed by atoms with E-state index in [1.807, 2.05) is 24.3 Å². The third-order valence-corrected chi connectivity index (χ3v) is 5.05. The highest BCUT2D eigenvalue weighted by atomic mass is 35.5. The summed E-state index contributed by atoms with van der Waals surface area (Å²) in [5.74, 6) is 0.726. The lowest BCUT2D eigenvalue weighted by atomic mass is 10.2. The lowest BCUT2D eigenvalue weighted by Gasteiger charge is -2.11. The van der Waals surface area contributed by atoms with Crippen LogP contribution in [0.5, 0.6) is 0 Å². The maximum atomic E-state index is 12.6. The average molecular weight is 382 g/mol. The van der Waals surface area contributed by atoms with Gasteiger partial charge in [0.25, 0.3) is 11.1 Å². The predicted octanol–water partition coefficient (Wildman–Crippen LogP) is 5.84. The van der Waals surface area contributed by atoms with E-state index in [0.29, 0.717) is 27.1 Å². The van der Waals surface area contributed by atoms with Crippen molar-refractivity contribution in [3.8, 4) is 11.3 Å². The van der Waals surface area contributed by atoms with Crippen molar-refractivity contribution in [2.45, 2.75) is 0 Å². The molecule has 0 spiro atoms. The van der Waals surface area contributed by atoms with Crippen molar-refractivity contribution in [1.29, 1.82) is 0 Å². The van der Waals surface area contributed by atoms with Gasteiger partial charge in [-0.15, -0.1) is 0 Å². The van der Waals surface area contributed by atoms with E-state index in [0.717, 1.165) is 22.2 Å². The van der Waals surface area contributed by atoms with Gasteiger partial charge in [-0.2, -0.15) is 0 Å². The van der Waals surface area contributed by atoms with E-state index >= 15 is 0 Å². The molecule has 26 heavy (non-hydrogen) atoms. The van der Waals surface area contributed by atoms with Crippen LogP contribution in [-0.4, -0.2) is 11.1 Å². The molecule has 1 aliphatic rings. The van der Waals surface area contributed by atoms with Crippen molar-refractivity contribution in [2.24, 2.45) is 0 Å². The molecule has 128 valence electrons. The summed E-state index contributed by atoms with van der Waals surface area (Å²) in [6, 6.07) is 19.7. The molecule has 2 amide bonds. The molecule has 0 bridgehead atoms. The third-order valence-electron chi connectivity index (χ3n) is 3.85. The van der Waals surface area contributed by atoms with Crippen LogP contribution in [0.1, 0.15) is 5.76 Å². The standard InChI is InChI=1S/C20H12ClNO3S/c21-16-9-5-4-8-15(16)17-11-10-14(25-17)12-18-19(23)22(20(24)26-18)13-6-2-1-3-7-13/h1-12H/b18-12+. The molecule has 6 heteroatoms. The Balaban J connectivity index is 1.63. The zero-order chi connectivity index (χ0) is 18.1. The van der Waals surface area contributed by atoms with Gasteiger partial charge in [0, 0.05) is 11.6 Å². The SMILES string of the molecule is O=C1S/C(=C/c2ccc(-c3ccccc3Cl)o2)C(=O)N1c1ccccc1. The maximum Gasteiger partial charge on any atom is 0.298 e. The first kappa shape index (κ1) is 16.7. The van der Waals surface area contributed by atoms with Crippen LogP contribution in [0.2, 0.25) is 5.02 Å². The maximum absolute atomic E-state index is 12.6. The zero-order valence-corrected chi connectivity index (χ0v) is 15.0. The minimum Gasteiger partial charge on any atom is -0.457 e. The summed E-state index contributed by atoms with van der Waals surface area (Å²) >= 11 is 7.07. The second-order valence-corrected chi connectivity index (χ2v) is 6.93. The number of hydrogen-bond donors (Lipinski definition) is 0. The van der Waals surface area contributed by atoms with E-state index in [-0.39, 0.29) is 11.1 Å². The molecule has 4 rings (SSSR count). The lowest BCUT2D eigenvalue weighted by Crippen LogP contribution is -2.27. The van der Waals surface area contributed by atoms with Crippen LogP contribution >= 0.6 is 23.4 Å². The van der Waals surface area contributed by atoms with Gasteiger partial charge in [0.1, 0.15) is 11.5 Å². The number of furan rings is 1. The number of para-hydroxylation sites is 1. The van der Waals surface area contributed by atoms with Crippen LogP contribution in [0.25, 0.3) is 17.4 Å². The quantitative estimate of drug-likeness (QED) is 0.535. The van der Waals surface area contributed by atoms with Crippen LogP contribution in [0.15, 0.2) is 76.1 Å². The number of anilines is 1. The van der Waals surface area contributed by atoms with E-state index in [1.54, 1.807) is 48.5 Å². The molecule has 4 nitrogen and oxygen atoms in total. The fraction of sp³-hybridized carbons (Fsp3) is 0. The molecule has 2 heterocycles. The predicted molar refractivity (Wildman–Crippen MR) is 104 cm³/mol. The van der Waals surface area contributed by atoms with Crippen molar-refractivity contribution in [2.75, 3.05) is 4.90 Å². The van der Waals surface area contributed by atoms with Crippen LogP contribution in [0.3, 0.4) is 0 Å². The molecule has 0 aliphatic carbocycles. The Labute approximate surface area is 159 Å². The molecule has 1 aromatic heterocycles. The molecular formula is C20H12ClNO3S. The second kappa shape index (κ2) is 6.86. The molecule has 0 saturated carbocycles. The number of carbonyl (C=O) groups is 2. The Hall–Kier alpha value is -2.76. The van der Waals surface area contributed by atoms with Gasteiger partial charge in [-0.05, 0) is 48.2 Å². The lowest BCUT2D eigenvalue weighted by molar-refractivity contribution is -0.113. The normalized spacial score (nSPS) is 15.9. The molecule has 2 aromatic carbocycles. The number of hydrogen-bond acceptors (Lipinski definition) is 4. The Morgan fingerprint density at radius 1 is 0.923 bits per heavy atom. The zero-order valence-electron chi connectivity index (χ0n) is 13.4. The summed E-state index contributed by atoms with van der Waals surface area (Å²) in [6.45, 7) is 0. The molecule has 1 fully saturated rings. The van der Waals surface area contributed by atoms with Crippen molar-refractivity contribution in [3.63, 3.8) is 0 Å². The van der Waals surface area contributed by atoms with Crippen LogP contribution in [0.4, 0.5) is 10.5 Å². The van der Waals surface area contributed by atoms with Crippen molar-refractivity contribution >= 4 is 46.3 Å². The number of imide groups is 1. The Bertz CT molecular complexity index is 1030. The number of halogens is 1. The van der Waals surface area contributed by atoms with E-state index < -0.39 is 0 Å². The van der Waals surface area contributed by atoms with Crippen molar-refractivity contribution < 1.29 is 14.0 Å².